The molecule has 0 amide bonds. The van der Waals surface area contributed by atoms with Gasteiger partial charge < -0.3 is 0 Å². The van der Waals surface area contributed by atoms with Crippen molar-refractivity contribution in [3.63, 3.8) is 0 Å². The molecule has 0 heterocycles. The molecule has 0 aromatic heterocycles. The molecule has 0 atom stereocenters. The third-order valence-corrected chi connectivity index (χ3v) is 0. The van der Waals surface area contributed by atoms with Gasteiger partial charge in [0.15, 0.2) is 17.4 Å². The van der Waals surface area contributed by atoms with Crippen molar-refractivity contribution in [3.8, 4) is 0 Å². The molecule has 0 saturated carbocycles. The van der Waals surface area contributed by atoms with Gasteiger partial charge in [0.05, 0.1) is 0 Å². The van der Waals surface area contributed by atoms with Gasteiger partial charge in [0.2, 0.25) is 0 Å². The van der Waals surface area contributed by atoms with E-state index in [9.17, 15) is 0 Å². The van der Waals surface area contributed by atoms with Crippen LogP contribution in [0.15, 0.2) is 0 Å². The van der Waals surface area contributed by atoms with Gasteiger partial charge in [-0.2, -0.15) is 0 Å². The number of halogens is 3. The van der Waals surface area contributed by atoms with E-state index in [4.69, 9.17) is 30.1 Å². The van der Waals surface area contributed by atoms with Crippen molar-refractivity contribution in [1.82, 2.24) is 0 Å². The third kappa shape index (κ3) is 24.5. The van der Waals surface area contributed by atoms with E-state index in [2.05, 4.69) is 0 Å². The maximum absolute atomic E-state index is 4.93. The zero-order chi connectivity index (χ0) is 3.58. The first kappa shape index (κ1) is 10.0. The van der Waals surface area contributed by atoms with Crippen molar-refractivity contribution in [1.29, 1.82) is 0 Å². The molecule has 33 valence electrons. The predicted molar refractivity (Wildman–Crippen MR) is 27.5 cm³/mol. The number of hydrogen-bond acceptors (Lipinski definition) is 0. The van der Waals surface area contributed by atoms with Gasteiger partial charge in [-0.1, -0.05) is 0 Å². The molecule has 0 aliphatic carbocycles. The molecule has 0 nitrogen and oxygen atoms in total. The Balaban J connectivity index is 0. The van der Waals surface area contributed by atoms with E-state index in [1.54, 1.807) is 0 Å². The van der Waals surface area contributed by atoms with Crippen LogP contribution < -0.4 is 0 Å². The molecule has 0 N–H and O–H groups in total. The zero-order valence-electron chi connectivity index (χ0n) is 1.54. The molecule has 0 fully saturated rings. The van der Waals surface area contributed by atoms with E-state index in [0.717, 1.165) is 0 Å². The second-order valence-corrected chi connectivity index (χ2v) is 6.49. The van der Waals surface area contributed by atoms with E-state index in [0.29, 0.717) is 0 Å². The van der Waals surface area contributed by atoms with Crippen LogP contribution in [0.5, 0.6) is 0 Å². The minimum absolute atomic E-state index is 0. The van der Waals surface area contributed by atoms with Crippen LogP contribution in [-0.2, 0) is 11.4 Å². The van der Waals surface area contributed by atoms with Crippen LogP contribution in [0.4, 0.5) is 0 Å². The van der Waals surface area contributed by atoms with E-state index in [1.165, 1.54) is 0 Å². The summed E-state index contributed by atoms with van der Waals surface area (Å²) in [4.78, 5) is 0. The van der Waals surface area contributed by atoms with E-state index in [-0.39, 0.29) is 17.4 Å². The van der Waals surface area contributed by atoms with Crippen LogP contribution in [0, 0.1) is 0 Å². The topological polar surface area (TPSA) is 0 Å². The first-order valence-corrected chi connectivity index (χ1v) is 5.73. The molecule has 0 spiro atoms. The summed E-state index contributed by atoms with van der Waals surface area (Å²) < 4.78 is 0. The van der Waals surface area contributed by atoms with Gasteiger partial charge in [0.25, 0.3) is 0 Å². The maximum atomic E-state index is 4.93. The fourth-order valence-electron chi connectivity index (χ4n) is 0. The molecule has 0 aromatic carbocycles. The summed E-state index contributed by atoms with van der Waals surface area (Å²) in [6, 6.07) is 0. The Morgan fingerprint density at radius 3 is 1.00 bits per heavy atom. The average molecular weight is 188 g/mol. The minimum atomic E-state index is -1.62. The summed E-state index contributed by atoms with van der Waals surface area (Å²) in [5.41, 5.74) is 0. The SMILES string of the molecule is [AlH3].[Cl][Cr]([Cl])[Cl]. The van der Waals surface area contributed by atoms with Crippen LogP contribution in [0.1, 0.15) is 0 Å². The second kappa shape index (κ2) is 5.93. The summed E-state index contributed by atoms with van der Waals surface area (Å²) in [7, 11) is 14.8. The Labute approximate surface area is 58.5 Å². The number of rotatable bonds is 0. The molecule has 5 heteroatoms. The molecule has 0 saturated heterocycles. The Morgan fingerprint density at radius 2 is 1.00 bits per heavy atom. The third-order valence-electron chi connectivity index (χ3n) is 0. The summed E-state index contributed by atoms with van der Waals surface area (Å²) >= 11 is -1.62. The molecule has 0 aromatic rings. The van der Waals surface area contributed by atoms with Gasteiger partial charge in [-0.25, -0.2) is 0 Å². The Hall–Kier alpha value is 1.93. The molecule has 0 rings (SSSR count). The first-order chi connectivity index (χ1) is 1.73. The van der Waals surface area contributed by atoms with E-state index in [1.807, 2.05) is 0 Å². The van der Waals surface area contributed by atoms with Crippen LogP contribution >= 0.6 is 30.1 Å². The van der Waals surface area contributed by atoms with Gasteiger partial charge >= 0.3 is 41.5 Å². The van der Waals surface area contributed by atoms with Crippen LogP contribution in [-0.4, -0.2) is 17.4 Å². The first-order valence-electron chi connectivity index (χ1n) is 0.463. The molecule has 0 aliphatic heterocycles. The fourth-order valence-corrected chi connectivity index (χ4v) is 0. The normalized spacial score (nSPS) is 7.20. The molecular weight excluding hydrogens is 185 g/mol. The van der Waals surface area contributed by atoms with Gasteiger partial charge in [-0.05, 0) is 0 Å². The van der Waals surface area contributed by atoms with Crippen molar-refractivity contribution in [3.05, 3.63) is 0 Å². The van der Waals surface area contributed by atoms with Crippen molar-refractivity contribution in [2.24, 2.45) is 0 Å². The Bertz CT molecular complexity index is 11.6. The predicted octanol–water partition coefficient (Wildman–Crippen LogP) is 0.882. The summed E-state index contributed by atoms with van der Waals surface area (Å²) in [5, 5.41) is 0. The van der Waals surface area contributed by atoms with Gasteiger partial charge in [0.1, 0.15) is 0 Å². The molecule has 0 bridgehead atoms. The van der Waals surface area contributed by atoms with Gasteiger partial charge in [-0.15, -0.1) is 0 Å². The van der Waals surface area contributed by atoms with Crippen LogP contribution in [0.25, 0.3) is 0 Å². The van der Waals surface area contributed by atoms with E-state index >= 15 is 0 Å². The molecule has 5 heavy (non-hydrogen) atoms. The molecule has 0 aliphatic rings. The summed E-state index contributed by atoms with van der Waals surface area (Å²) in [6.07, 6.45) is 0. The molecule has 0 radical (unpaired) electrons. The van der Waals surface area contributed by atoms with Crippen molar-refractivity contribution in [2.45, 2.75) is 0 Å². The van der Waals surface area contributed by atoms with Crippen molar-refractivity contribution < 1.29 is 11.4 Å². The number of hydrogen-bond donors (Lipinski definition) is 0. The Kier molecular flexibility index (Phi) is 11.9. The molecular formula is H3AlCl3Cr. The van der Waals surface area contributed by atoms with Gasteiger partial charge in [0, 0.05) is 0 Å². The summed E-state index contributed by atoms with van der Waals surface area (Å²) in [6.45, 7) is 0. The van der Waals surface area contributed by atoms with Crippen molar-refractivity contribution >= 4 is 47.5 Å². The average Bonchev–Trinajstić information content (AvgIpc) is 0.811. The Morgan fingerprint density at radius 1 is 1.00 bits per heavy atom. The van der Waals surface area contributed by atoms with Gasteiger partial charge in [-0.3, -0.25) is 0 Å². The quantitative estimate of drug-likeness (QED) is 0.495. The van der Waals surface area contributed by atoms with Crippen LogP contribution in [0.2, 0.25) is 0 Å². The molecule has 0 unspecified atom stereocenters. The fraction of sp³-hybridized carbons (Fsp3) is 0. The standard InChI is InChI=1S/Al.3ClH.Cr.3H/h;3*1H;;;;/q;;;;+3;;;/p-3. The van der Waals surface area contributed by atoms with Crippen LogP contribution in [0.3, 0.4) is 0 Å². The second-order valence-electron chi connectivity index (χ2n) is 0.175. The van der Waals surface area contributed by atoms with Crippen molar-refractivity contribution in [2.75, 3.05) is 0 Å². The summed E-state index contributed by atoms with van der Waals surface area (Å²) in [5.74, 6) is 0. The zero-order valence-corrected chi connectivity index (χ0v) is 5.08. The monoisotopic (exact) mass is 187 g/mol. The van der Waals surface area contributed by atoms with E-state index < -0.39 is 11.4 Å².